The molecule has 1 aliphatic carbocycles. The highest BCUT2D eigenvalue weighted by molar-refractivity contribution is 4.97. The molecule has 0 aromatic heterocycles. The molecule has 2 fully saturated rings. The second-order valence-electron chi connectivity index (χ2n) is 6.90. The second kappa shape index (κ2) is 6.55. The zero-order valence-corrected chi connectivity index (χ0v) is 13.2. The lowest BCUT2D eigenvalue weighted by Gasteiger charge is -2.51. The molecule has 19 heavy (non-hydrogen) atoms. The van der Waals surface area contributed by atoms with Crippen molar-refractivity contribution in [2.24, 2.45) is 11.7 Å². The Morgan fingerprint density at radius 2 is 1.68 bits per heavy atom. The largest absolute Gasteiger partial charge is 0.329 e. The molecule has 1 aliphatic heterocycles. The topological polar surface area (TPSA) is 32.5 Å². The lowest BCUT2D eigenvalue weighted by atomic mass is 9.74. The monoisotopic (exact) mass is 267 g/mol. The molecular formula is C16H33N3. The van der Waals surface area contributed by atoms with Gasteiger partial charge in [0.25, 0.3) is 0 Å². The molecule has 0 unspecified atom stereocenters. The molecule has 0 bridgehead atoms. The molecule has 0 spiro atoms. The summed E-state index contributed by atoms with van der Waals surface area (Å²) in [5, 5.41) is 0. The molecule has 2 aliphatic rings. The fourth-order valence-corrected chi connectivity index (χ4v) is 3.99. The lowest BCUT2D eigenvalue weighted by molar-refractivity contribution is -0.00348. The Morgan fingerprint density at radius 1 is 1.11 bits per heavy atom. The SMILES string of the molecule is CCC1CCC(CN)(N2CCN(C(C)C)CC2)CC1. The Morgan fingerprint density at radius 3 is 2.11 bits per heavy atom. The first-order valence-corrected chi connectivity index (χ1v) is 8.30. The summed E-state index contributed by atoms with van der Waals surface area (Å²) in [4.78, 5) is 5.32. The third kappa shape index (κ3) is 3.32. The van der Waals surface area contributed by atoms with Gasteiger partial charge in [-0.2, -0.15) is 0 Å². The number of piperazine rings is 1. The van der Waals surface area contributed by atoms with E-state index in [9.17, 15) is 0 Å². The summed E-state index contributed by atoms with van der Waals surface area (Å²) >= 11 is 0. The van der Waals surface area contributed by atoms with Crippen LogP contribution in [0.2, 0.25) is 0 Å². The van der Waals surface area contributed by atoms with Crippen LogP contribution in [0.25, 0.3) is 0 Å². The summed E-state index contributed by atoms with van der Waals surface area (Å²) in [6, 6.07) is 0.687. The average Bonchev–Trinajstić information content (AvgIpc) is 2.47. The van der Waals surface area contributed by atoms with Crippen LogP contribution in [0.5, 0.6) is 0 Å². The summed E-state index contributed by atoms with van der Waals surface area (Å²) < 4.78 is 0. The molecule has 0 aromatic carbocycles. The van der Waals surface area contributed by atoms with Crippen molar-refractivity contribution in [1.29, 1.82) is 0 Å². The van der Waals surface area contributed by atoms with E-state index in [0.29, 0.717) is 11.6 Å². The fraction of sp³-hybridized carbons (Fsp3) is 1.00. The minimum atomic E-state index is 0.328. The highest BCUT2D eigenvalue weighted by atomic mass is 15.3. The molecule has 0 radical (unpaired) electrons. The number of nitrogens with zero attached hydrogens (tertiary/aromatic N) is 2. The van der Waals surface area contributed by atoms with E-state index in [1.807, 2.05) is 0 Å². The average molecular weight is 267 g/mol. The van der Waals surface area contributed by atoms with Gasteiger partial charge in [-0.15, -0.1) is 0 Å². The van der Waals surface area contributed by atoms with Crippen molar-refractivity contribution in [2.45, 2.75) is 64.5 Å². The van der Waals surface area contributed by atoms with Gasteiger partial charge in [0, 0.05) is 44.3 Å². The Hall–Kier alpha value is -0.120. The Kier molecular flexibility index (Phi) is 5.27. The van der Waals surface area contributed by atoms with Crippen molar-refractivity contribution in [3.05, 3.63) is 0 Å². The van der Waals surface area contributed by atoms with Crippen molar-refractivity contribution in [2.75, 3.05) is 32.7 Å². The summed E-state index contributed by atoms with van der Waals surface area (Å²) in [5.74, 6) is 0.955. The smallest absolute Gasteiger partial charge is 0.0333 e. The zero-order chi connectivity index (χ0) is 13.9. The second-order valence-corrected chi connectivity index (χ2v) is 6.90. The molecule has 1 saturated heterocycles. The highest BCUT2D eigenvalue weighted by Crippen LogP contribution is 2.37. The van der Waals surface area contributed by atoms with E-state index in [1.54, 1.807) is 0 Å². The van der Waals surface area contributed by atoms with Crippen molar-refractivity contribution in [3.8, 4) is 0 Å². The van der Waals surface area contributed by atoms with Gasteiger partial charge in [0.1, 0.15) is 0 Å². The minimum absolute atomic E-state index is 0.328. The number of nitrogens with two attached hydrogens (primary N) is 1. The van der Waals surface area contributed by atoms with E-state index in [2.05, 4.69) is 30.6 Å². The zero-order valence-electron chi connectivity index (χ0n) is 13.2. The molecule has 0 amide bonds. The Bertz CT molecular complexity index is 261. The van der Waals surface area contributed by atoms with Crippen molar-refractivity contribution < 1.29 is 0 Å². The van der Waals surface area contributed by atoms with E-state index >= 15 is 0 Å². The highest BCUT2D eigenvalue weighted by Gasteiger charge is 2.40. The molecule has 1 heterocycles. The van der Waals surface area contributed by atoms with Gasteiger partial charge in [0.05, 0.1) is 0 Å². The molecule has 3 heteroatoms. The van der Waals surface area contributed by atoms with Gasteiger partial charge >= 0.3 is 0 Å². The minimum Gasteiger partial charge on any atom is -0.329 e. The summed E-state index contributed by atoms with van der Waals surface area (Å²) in [5.41, 5.74) is 6.52. The van der Waals surface area contributed by atoms with Gasteiger partial charge in [-0.3, -0.25) is 9.80 Å². The summed E-state index contributed by atoms with van der Waals surface area (Å²) in [6.07, 6.45) is 6.77. The van der Waals surface area contributed by atoms with Gasteiger partial charge < -0.3 is 5.73 Å². The van der Waals surface area contributed by atoms with Crippen LogP contribution in [-0.2, 0) is 0 Å². The van der Waals surface area contributed by atoms with E-state index in [4.69, 9.17) is 5.73 Å². The van der Waals surface area contributed by atoms with E-state index < -0.39 is 0 Å². The first-order chi connectivity index (χ1) is 9.11. The Labute approximate surface area is 119 Å². The third-order valence-corrected chi connectivity index (χ3v) is 5.71. The first-order valence-electron chi connectivity index (χ1n) is 8.30. The molecule has 2 N–H and O–H groups in total. The maximum Gasteiger partial charge on any atom is 0.0333 e. The molecule has 2 rings (SSSR count). The van der Waals surface area contributed by atoms with Crippen LogP contribution in [0.4, 0.5) is 0 Å². The van der Waals surface area contributed by atoms with E-state index in [-0.39, 0.29) is 0 Å². The quantitative estimate of drug-likeness (QED) is 0.848. The standard InChI is InChI=1S/C16H33N3/c1-4-15-5-7-16(13-17,8-6-15)19-11-9-18(10-12-19)14(2)3/h14-15H,4-13,17H2,1-3H3. The number of rotatable bonds is 4. The predicted octanol–water partition coefficient (Wildman–Crippen LogP) is 2.31. The van der Waals surface area contributed by atoms with Crippen LogP contribution < -0.4 is 5.73 Å². The molecular weight excluding hydrogens is 234 g/mol. The van der Waals surface area contributed by atoms with Crippen LogP contribution >= 0.6 is 0 Å². The van der Waals surface area contributed by atoms with Crippen LogP contribution in [0, 0.1) is 5.92 Å². The molecule has 1 saturated carbocycles. The maximum atomic E-state index is 6.20. The first kappa shape index (κ1) is 15.3. The van der Waals surface area contributed by atoms with E-state index in [0.717, 1.165) is 12.5 Å². The van der Waals surface area contributed by atoms with E-state index in [1.165, 1.54) is 58.3 Å². The molecule has 0 atom stereocenters. The van der Waals surface area contributed by atoms with Gasteiger partial charge in [-0.25, -0.2) is 0 Å². The molecule has 3 nitrogen and oxygen atoms in total. The van der Waals surface area contributed by atoms with Gasteiger partial charge in [-0.1, -0.05) is 13.3 Å². The maximum absolute atomic E-state index is 6.20. The number of hydrogen-bond donors (Lipinski definition) is 1. The Balaban J connectivity index is 1.92. The molecule has 0 aromatic rings. The van der Waals surface area contributed by atoms with Crippen molar-refractivity contribution >= 4 is 0 Å². The lowest BCUT2D eigenvalue weighted by Crippen LogP contribution is -2.61. The van der Waals surface area contributed by atoms with Gasteiger partial charge in [0.2, 0.25) is 0 Å². The van der Waals surface area contributed by atoms with Crippen molar-refractivity contribution in [3.63, 3.8) is 0 Å². The van der Waals surface area contributed by atoms with Crippen LogP contribution in [-0.4, -0.2) is 54.1 Å². The van der Waals surface area contributed by atoms with Crippen LogP contribution in [0.15, 0.2) is 0 Å². The normalized spacial score (nSPS) is 34.9. The third-order valence-electron chi connectivity index (χ3n) is 5.71. The van der Waals surface area contributed by atoms with Crippen LogP contribution in [0.3, 0.4) is 0 Å². The number of hydrogen-bond acceptors (Lipinski definition) is 3. The summed E-state index contributed by atoms with van der Waals surface area (Å²) in [6.45, 7) is 12.7. The van der Waals surface area contributed by atoms with Crippen LogP contribution in [0.1, 0.15) is 52.9 Å². The fourth-order valence-electron chi connectivity index (χ4n) is 3.99. The molecule has 112 valence electrons. The van der Waals surface area contributed by atoms with Crippen molar-refractivity contribution in [1.82, 2.24) is 9.80 Å². The van der Waals surface area contributed by atoms with Gasteiger partial charge in [0.15, 0.2) is 0 Å². The van der Waals surface area contributed by atoms with Gasteiger partial charge in [-0.05, 0) is 45.4 Å². The predicted molar refractivity (Wildman–Crippen MR) is 82.3 cm³/mol. The summed E-state index contributed by atoms with van der Waals surface area (Å²) in [7, 11) is 0.